The van der Waals surface area contributed by atoms with Crippen LogP contribution in [0, 0.1) is 6.92 Å². The van der Waals surface area contributed by atoms with Crippen molar-refractivity contribution >= 4 is 16.5 Å². The maximum Gasteiger partial charge on any atom is 0.183 e. The molecule has 0 saturated carbocycles. The zero-order valence-corrected chi connectivity index (χ0v) is 12.1. The number of nitrogens with one attached hydrogen (secondary N) is 1. The Hall–Kier alpha value is -1.35. The minimum absolute atomic E-state index is 0.987. The van der Waals surface area contributed by atoms with Crippen LogP contribution in [0.25, 0.3) is 11.3 Å². The molecule has 2 rings (SSSR count). The quantitative estimate of drug-likeness (QED) is 0.856. The average Bonchev–Trinajstić information content (AvgIpc) is 2.78. The Balaban J connectivity index is 2.23. The number of aryl methyl sites for hydroxylation is 2. The first-order valence-corrected chi connectivity index (χ1v) is 7.36. The minimum Gasteiger partial charge on any atom is -0.362 e. The van der Waals surface area contributed by atoms with Crippen molar-refractivity contribution in [1.82, 2.24) is 4.98 Å². The Labute approximate surface area is 113 Å². The highest BCUT2D eigenvalue weighted by atomic mass is 32.1. The van der Waals surface area contributed by atoms with E-state index < -0.39 is 0 Å². The zero-order chi connectivity index (χ0) is 13.0. The molecule has 0 atom stereocenters. The van der Waals surface area contributed by atoms with Gasteiger partial charge in [-0.1, -0.05) is 38.1 Å². The number of hydrogen-bond acceptors (Lipinski definition) is 3. The van der Waals surface area contributed by atoms with Gasteiger partial charge < -0.3 is 5.32 Å². The molecular weight excluding hydrogens is 240 g/mol. The fourth-order valence-corrected chi connectivity index (χ4v) is 2.73. The minimum atomic E-state index is 0.987. The van der Waals surface area contributed by atoms with Gasteiger partial charge in [-0.25, -0.2) is 4.98 Å². The van der Waals surface area contributed by atoms with Gasteiger partial charge in [0.25, 0.3) is 0 Å². The van der Waals surface area contributed by atoms with Crippen molar-refractivity contribution in [2.75, 3.05) is 11.9 Å². The van der Waals surface area contributed by atoms with E-state index >= 15 is 0 Å². The molecule has 0 aliphatic carbocycles. The standard InChI is InChI=1S/C15H20N2S/c1-4-10-16-15-17-14(11(3)18-15)13-8-6-12(5-2)7-9-13/h6-9H,4-5,10H2,1-3H3,(H,16,17). The largest absolute Gasteiger partial charge is 0.362 e. The Morgan fingerprint density at radius 1 is 1.17 bits per heavy atom. The molecule has 0 fully saturated rings. The van der Waals surface area contributed by atoms with Gasteiger partial charge in [0.2, 0.25) is 0 Å². The van der Waals surface area contributed by atoms with Gasteiger partial charge in [0.1, 0.15) is 0 Å². The van der Waals surface area contributed by atoms with E-state index in [0.29, 0.717) is 0 Å². The third-order valence-corrected chi connectivity index (χ3v) is 3.89. The third-order valence-electron chi connectivity index (χ3n) is 2.96. The third kappa shape index (κ3) is 2.91. The molecule has 0 unspecified atom stereocenters. The number of rotatable bonds is 5. The van der Waals surface area contributed by atoms with E-state index in [1.807, 2.05) is 0 Å². The molecule has 18 heavy (non-hydrogen) atoms. The molecule has 1 aromatic heterocycles. The lowest BCUT2D eigenvalue weighted by atomic mass is 10.1. The summed E-state index contributed by atoms with van der Waals surface area (Å²) in [4.78, 5) is 5.96. The highest BCUT2D eigenvalue weighted by Gasteiger charge is 2.09. The number of aromatic nitrogens is 1. The highest BCUT2D eigenvalue weighted by Crippen LogP contribution is 2.30. The number of hydrogen-bond donors (Lipinski definition) is 1. The van der Waals surface area contributed by atoms with Crippen LogP contribution in [0.1, 0.15) is 30.7 Å². The van der Waals surface area contributed by atoms with Crippen LogP contribution in [0.2, 0.25) is 0 Å². The number of benzene rings is 1. The van der Waals surface area contributed by atoms with Gasteiger partial charge in [0, 0.05) is 17.0 Å². The van der Waals surface area contributed by atoms with Crippen molar-refractivity contribution < 1.29 is 0 Å². The Bertz CT molecular complexity index is 500. The first-order chi connectivity index (χ1) is 8.74. The number of nitrogens with zero attached hydrogens (tertiary/aromatic N) is 1. The fraction of sp³-hybridized carbons (Fsp3) is 0.400. The van der Waals surface area contributed by atoms with Crippen LogP contribution in [0.3, 0.4) is 0 Å². The van der Waals surface area contributed by atoms with Crippen LogP contribution >= 0.6 is 11.3 Å². The number of thiazole rings is 1. The second-order valence-corrected chi connectivity index (χ2v) is 5.60. The summed E-state index contributed by atoms with van der Waals surface area (Å²) in [7, 11) is 0. The molecule has 1 aromatic carbocycles. The van der Waals surface area contributed by atoms with Gasteiger partial charge in [0.15, 0.2) is 5.13 Å². The van der Waals surface area contributed by atoms with Crippen LogP contribution in [-0.2, 0) is 6.42 Å². The van der Waals surface area contributed by atoms with E-state index in [1.165, 1.54) is 16.0 Å². The monoisotopic (exact) mass is 260 g/mol. The second-order valence-electron chi connectivity index (χ2n) is 4.40. The van der Waals surface area contributed by atoms with Crippen molar-refractivity contribution in [1.29, 1.82) is 0 Å². The molecule has 1 N–H and O–H groups in total. The molecule has 1 heterocycles. The van der Waals surface area contributed by atoms with Gasteiger partial charge in [-0.05, 0) is 25.3 Å². The topological polar surface area (TPSA) is 24.9 Å². The first kappa shape index (κ1) is 13.1. The van der Waals surface area contributed by atoms with Gasteiger partial charge in [-0.3, -0.25) is 0 Å². The fourth-order valence-electron chi connectivity index (χ4n) is 1.87. The van der Waals surface area contributed by atoms with E-state index in [1.54, 1.807) is 11.3 Å². The lowest BCUT2D eigenvalue weighted by Crippen LogP contribution is -1.98. The SMILES string of the molecule is CCCNc1nc(-c2ccc(CC)cc2)c(C)s1. The molecule has 96 valence electrons. The maximum atomic E-state index is 4.68. The Kier molecular flexibility index (Phi) is 4.37. The summed E-state index contributed by atoms with van der Waals surface area (Å²) in [5.74, 6) is 0. The normalized spacial score (nSPS) is 10.6. The zero-order valence-electron chi connectivity index (χ0n) is 11.3. The van der Waals surface area contributed by atoms with Gasteiger partial charge >= 0.3 is 0 Å². The van der Waals surface area contributed by atoms with Crippen molar-refractivity contribution in [2.24, 2.45) is 0 Å². The summed E-state index contributed by atoms with van der Waals surface area (Å²) < 4.78 is 0. The predicted octanol–water partition coefficient (Wildman–Crippen LogP) is 4.50. The van der Waals surface area contributed by atoms with Crippen molar-refractivity contribution in [2.45, 2.75) is 33.6 Å². The molecule has 0 saturated heterocycles. The summed E-state index contributed by atoms with van der Waals surface area (Å²) in [5.41, 5.74) is 3.70. The molecule has 3 heteroatoms. The predicted molar refractivity (Wildman–Crippen MR) is 80.4 cm³/mol. The Morgan fingerprint density at radius 3 is 2.50 bits per heavy atom. The van der Waals surface area contributed by atoms with Crippen LogP contribution in [-0.4, -0.2) is 11.5 Å². The highest BCUT2D eigenvalue weighted by molar-refractivity contribution is 7.16. The van der Waals surface area contributed by atoms with E-state index in [9.17, 15) is 0 Å². The Morgan fingerprint density at radius 2 is 1.89 bits per heavy atom. The van der Waals surface area contributed by atoms with Gasteiger partial charge in [0.05, 0.1) is 5.69 Å². The van der Waals surface area contributed by atoms with E-state index in [2.05, 4.69) is 55.3 Å². The molecule has 0 bridgehead atoms. The van der Waals surface area contributed by atoms with Crippen molar-refractivity contribution in [3.63, 3.8) is 0 Å². The molecule has 0 aliphatic heterocycles. The second kappa shape index (κ2) is 6.01. The summed E-state index contributed by atoms with van der Waals surface area (Å²) >= 11 is 1.74. The molecule has 0 spiro atoms. The van der Waals surface area contributed by atoms with Crippen LogP contribution in [0.15, 0.2) is 24.3 Å². The number of anilines is 1. The van der Waals surface area contributed by atoms with Crippen LogP contribution < -0.4 is 5.32 Å². The average molecular weight is 260 g/mol. The smallest absolute Gasteiger partial charge is 0.183 e. The van der Waals surface area contributed by atoms with E-state index in [4.69, 9.17) is 0 Å². The van der Waals surface area contributed by atoms with Crippen LogP contribution in [0.4, 0.5) is 5.13 Å². The molecular formula is C15H20N2S. The molecule has 2 nitrogen and oxygen atoms in total. The van der Waals surface area contributed by atoms with Gasteiger partial charge in [-0.2, -0.15) is 0 Å². The van der Waals surface area contributed by atoms with E-state index in [-0.39, 0.29) is 0 Å². The lowest BCUT2D eigenvalue weighted by molar-refractivity contribution is 0.976. The van der Waals surface area contributed by atoms with Crippen molar-refractivity contribution in [3.05, 3.63) is 34.7 Å². The maximum absolute atomic E-state index is 4.68. The summed E-state index contributed by atoms with van der Waals surface area (Å²) in [6.45, 7) is 7.47. The van der Waals surface area contributed by atoms with Crippen molar-refractivity contribution in [3.8, 4) is 11.3 Å². The first-order valence-electron chi connectivity index (χ1n) is 6.55. The lowest BCUT2D eigenvalue weighted by Gasteiger charge is -2.01. The van der Waals surface area contributed by atoms with Crippen LogP contribution in [0.5, 0.6) is 0 Å². The molecule has 2 aromatic rings. The van der Waals surface area contributed by atoms with Gasteiger partial charge in [-0.15, -0.1) is 11.3 Å². The molecule has 0 amide bonds. The van der Waals surface area contributed by atoms with E-state index in [0.717, 1.165) is 30.2 Å². The summed E-state index contributed by atoms with van der Waals surface area (Å²) in [6.07, 6.45) is 2.21. The summed E-state index contributed by atoms with van der Waals surface area (Å²) in [5, 5.41) is 4.39. The molecule has 0 radical (unpaired) electrons. The molecule has 0 aliphatic rings. The summed E-state index contributed by atoms with van der Waals surface area (Å²) in [6, 6.07) is 8.72.